The van der Waals surface area contributed by atoms with E-state index in [1.54, 1.807) is 13.2 Å². The molecule has 1 amide bonds. The third-order valence-corrected chi connectivity index (χ3v) is 6.15. The van der Waals surface area contributed by atoms with Crippen LogP contribution >= 0.6 is 11.3 Å². The molecule has 0 aliphatic rings. The van der Waals surface area contributed by atoms with Gasteiger partial charge >= 0.3 is 6.18 Å². The Labute approximate surface area is 191 Å². The zero-order valence-electron chi connectivity index (χ0n) is 17.9. The van der Waals surface area contributed by atoms with E-state index in [0.29, 0.717) is 5.69 Å². The molecule has 0 atom stereocenters. The molecule has 1 aromatic heterocycles. The minimum atomic E-state index is -4.64. The number of carbonyl (C=O) groups is 1. The Kier molecular flexibility index (Phi) is 5.99. The number of hydrogen-bond acceptors (Lipinski definition) is 5. The van der Waals surface area contributed by atoms with Crippen LogP contribution in [0.3, 0.4) is 0 Å². The lowest BCUT2D eigenvalue weighted by Crippen LogP contribution is -2.15. The number of methoxy groups -OCH3 is 2. The maximum absolute atomic E-state index is 13.3. The van der Waals surface area contributed by atoms with Crippen molar-refractivity contribution in [2.24, 2.45) is 0 Å². The minimum Gasteiger partial charge on any atom is -0.497 e. The van der Waals surface area contributed by atoms with Crippen LogP contribution in [-0.4, -0.2) is 25.1 Å². The number of aryl methyl sites for hydroxylation is 1. The molecule has 1 N–H and O–H groups in total. The Hall–Kier alpha value is -3.59. The van der Waals surface area contributed by atoms with E-state index < -0.39 is 17.6 Å². The van der Waals surface area contributed by atoms with E-state index in [1.807, 2.05) is 37.3 Å². The van der Waals surface area contributed by atoms with Gasteiger partial charge in [-0.15, -0.1) is 11.3 Å². The second-order valence-corrected chi connectivity index (χ2v) is 8.28. The largest absolute Gasteiger partial charge is 0.497 e. The molecule has 0 saturated carbocycles. The fraction of sp³-hybridized carbons (Fsp3) is 0.167. The third kappa shape index (κ3) is 4.63. The molecule has 0 radical (unpaired) electrons. The first-order valence-corrected chi connectivity index (χ1v) is 10.6. The quantitative estimate of drug-likeness (QED) is 0.357. The molecule has 0 unspecified atom stereocenters. The van der Waals surface area contributed by atoms with Gasteiger partial charge in [0.2, 0.25) is 0 Å². The van der Waals surface area contributed by atoms with E-state index >= 15 is 0 Å². The van der Waals surface area contributed by atoms with Crippen LogP contribution in [0, 0.1) is 6.92 Å². The predicted octanol–water partition coefficient (Wildman–Crippen LogP) is 6.56. The predicted molar refractivity (Wildman–Crippen MR) is 122 cm³/mol. The summed E-state index contributed by atoms with van der Waals surface area (Å²) in [6.45, 7) is 1.81. The molecule has 1 heterocycles. The summed E-state index contributed by atoms with van der Waals surface area (Å²) in [5.41, 5.74) is 1.85. The van der Waals surface area contributed by atoms with Crippen LogP contribution in [-0.2, 0) is 6.18 Å². The monoisotopic (exact) mass is 472 g/mol. The molecule has 0 fully saturated rings. The van der Waals surface area contributed by atoms with Gasteiger partial charge in [-0.1, -0.05) is 0 Å². The van der Waals surface area contributed by atoms with Gasteiger partial charge in [0, 0.05) is 16.8 Å². The number of carbonyl (C=O) groups excluding carboxylic acids is 1. The van der Waals surface area contributed by atoms with Crippen LogP contribution in [0.2, 0.25) is 0 Å². The van der Waals surface area contributed by atoms with Crippen LogP contribution in [0.1, 0.15) is 21.5 Å². The van der Waals surface area contributed by atoms with Crippen molar-refractivity contribution in [3.63, 3.8) is 0 Å². The average molecular weight is 472 g/mol. The first-order chi connectivity index (χ1) is 15.7. The molecule has 0 saturated heterocycles. The van der Waals surface area contributed by atoms with Crippen molar-refractivity contribution in [1.29, 1.82) is 0 Å². The van der Waals surface area contributed by atoms with Crippen LogP contribution in [0.5, 0.6) is 11.5 Å². The summed E-state index contributed by atoms with van der Waals surface area (Å²) in [4.78, 5) is 17.3. The summed E-state index contributed by atoms with van der Waals surface area (Å²) in [6, 6.07) is 14.3. The number of aromatic nitrogens is 1. The lowest BCUT2D eigenvalue weighted by Gasteiger charge is -2.14. The molecule has 0 aliphatic carbocycles. The van der Waals surface area contributed by atoms with Gasteiger partial charge in [-0.25, -0.2) is 4.98 Å². The maximum atomic E-state index is 13.3. The number of nitrogens with one attached hydrogen (secondary N) is 1. The molecule has 9 heteroatoms. The zero-order valence-corrected chi connectivity index (χ0v) is 18.7. The average Bonchev–Trinajstić information content (AvgIpc) is 3.22. The highest BCUT2D eigenvalue weighted by Crippen LogP contribution is 2.37. The fourth-order valence-corrected chi connectivity index (χ4v) is 4.35. The molecule has 4 rings (SSSR count). The number of hydrogen-bond donors (Lipinski definition) is 1. The van der Waals surface area contributed by atoms with E-state index in [4.69, 9.17) is 9.47 Å². The molecule has 3 aromatic carbocycles. The summed E-state index contributed by atoms with van der Waals surface area (Å²) in [6.07, 6.45) is -4.64. The molecule has 33 heavy (non-hydrogen) atoms. The van der Waals surface area contributed by atoms with Gasteiger partial charge in [0.05, 0.1) is 30.0 Å². The summed E-state index contributed by atoms with van der Waals surface area (Å²) in [7, 11) is 2.76. The van der Waals surface area contributed by atoms with Crippen LogP contribution in [0.4, 0.5) is 18.9 Å². The van der Waals surface area contributed by atoms with Crippen molar-refractivity contribution in [2.75, 3.05) is 19.5 Å². The smallest absolute Gasteiger partial charge is 0.419 e. The number of amides is 1. The fourth-order valence-electron chi connectivity index (χ4n) is 3.36. The van der Waals surface area contributed by atoms with Gasteiger partial charge in [-0.05, 0) is 67.1 Å². The number of anilines is 1. The van der Waals surface area contributed by atoms with Crippen molar-refractivity contribution in [2.45, 2.75) is 13.1 Å². The molecule has 5 nitrogen and oxygen atoms in total. The molecule has 4 aromatic rings. The van der Waals surface area contributed by atoms with Gasteiger partial charge in [0.15, 0.2) is 0 Å². The van der Waals surface area contributed by atoms with Gasteiger partial charge in [-0.2, -0.15) is 13.2 Å². The first-order valence-electron chi connectivity index (χ1n) is 9.82. The third-order valence-electron chi connectivity index (χ3n) is 5.08. The number of rotatable bonds is 5. The van der Waals surface area contributed by atoms with Crippen molar-refractivity contribution >= 4 is 33.1 Å². The Bertz CT molecular complexity index is 1350. The highest BCUT2D eigenvalue weighted by atomic mass is 32.1. The first kappa shape index (κ1) is 22.6. The van der Waals surface area contributed by atoms with Crippen molar-refractivity contribution in [3.8, 4) is 22.1 Å². The summed E-state index contributed by atoms with van der Waals surface area (Å²) in [5.74, 6) is -0.238. The second-order valence-electron chi connectivity index (χ2n) is 7.25. The minimum absolute atomic E-state index is 0.119. The maximum Gasteiger partial charge on any atom is 0.419 e. The summed E-state index contributed by atoms with van der Waals surface area (Å²) in [5, 5.41) is 3.49. The lowest BCUT2D eigenvalue weighted by molar-refractivity contribution is -0.138. The molecule has 0 aliphatic heterocycles. The SMILES string of the molecule is COc1ccc2nc(-c3ccc(NC(=O)c4ccc(OC)c(C(F)(F)F)c4)c(C)c3)sc2c1. The van der Waals surface area contributed by atoms with Crippen LogP contribution in [0.15, 0.2) is 54.6 Å². The number of thiazole rings is 1. The second kappa shape index (κ2) is 8.74. The van der Waals surface area contributed by atoms with E-state index in [1.165, 1.54) is 17.4 Å². The van der Waals surface area contributed by atoms with E-state index in [-0.39, 0.29) is 11.3 Å². The lowest BCUT2D eigenvalue weighted by atomic mass is 10.1. The van der Waals surface area contributed by atoms with Crippen molar-refractivity contribution in [1.82, 2.24) is 4.98 Å². The van der Waals surface area contributed by atoms with Crippen molar-refractivity contribution < 1.29 is 27.4 Å². The van der Waals surface area contributed by atoms with Gasteiger partial charge < -0.3 is 14.8 Å². The van der Waals surface area contributed by atoms with Crippen LogP contribution in [0.25, 0.3) is 20.8 Å². The number of ether oxygens (including phenoxy) is 2. The number of halogens is 3. The Morgan fingerprint density at radius 2 is 1.79 bits per heavy atom. The highest BCUT2D eigenvalue weighted by Gasteiger charge is 2.35. The van der Waals surface area contributed by atoms with Gasteiger partial charge in [-0.3, -0.25) is 4.79 Å². The molecular formula is C24H19F3N2O3S. The molecule has 0 spiro atoms. The number of alkyl halides is 3. The number of fused-ring (bicyclic) bond motifs is 1. The number of nitrogens with zero attached hydrogens (tertiary/aromatic N) is 1. The summed E-state index contributed by atoms with van der Waals surface area (Å²) >= 11 is 1.52. The van der Waals surface area contributed by atoms with Crippen LogP contribution < -0.4 is 14.8 Å². The highest BCUT2D eigenvalue weighted by molar-refractivity contribution is 7.21. The van der Waals surface area contributed by atoms with Gasteiger partial charge in [0.1, 0.15) is 16.5 Å². The topological polar surface area (TPSA) is 60.5 Å². The summed E-state index contributed by atoms with van der Waals surface area (Å²) < 4.78 is 50.8. The Balaban J connectivity index is 1.58. The van der Waals surface area contributed by atoms with E-state index in [2.05, 4.69) is 10.3 Å². The van der Waals surface area contributed by atoms with Crippen molar-refractivity contribution in [3.05, 3.63) is 71.3 Å². The van der Waals surface area contributed by atoms with E-state index in [9.17, 15) is 18.0 Å². The van der Waals surface area contributed by atoms with E-state index in [0.717, 1.165) is 51.3 Å². The molecule has 0 bridgehead atoms. The van der Waals surface area contributed by atoms with Gasteiger partial charge in [0.25, 0.3) is 5.91 Å². The Morgan fingerprint density at radius 1 is 1.00 bits per heavy atom. The normalized spacial score (nSPS) is 11.5. The zero-order chi connectivity index (χ0) is 23.8. The Morgan fingerprint density at radius 3 is 2.45 bits per heavy atom. The number of benzene rings is 3. The standard InChI is InChI=1S/C24H19F3N2O3S/c1-13-10-15(23-29-19-8-6-16(31-2)12-21(19)33-23)4-7-18(13)28-22(30)14-5-9-20(32-3)17(11-14)24(25,26)27/h4-12H,1-3H3,(H,28,30). The molecule has 170 valence electrons. The molecular weight excluding hydrogens is 453 g/mol.